The van der Waals surface area contributed by atoms with E-state index in [-0.39, 0.29) is 0 Å². The third-order valence-electron chi connectivity index (χ3n) is 3.55. The third-order valence-corrected chi connectivity index (χ3v) is 4.04. The second kappa shape index (κ2) is 6.55. The van der Waals surface area contributed by atoms with Crippen molar-refractivity contribution in [1.82, 2.24) is 20.0 Å². The largest absolute Gasteiger partial charge is 0.310 e. The molecule has 18 heavy (non-hydrogen) atoms. The molecular weight excluding hydrogens is 248 g/mol. The van der Waals surface area contributed by atoms with Gasteiger partial charge in [0.2, 0.25) is 0 Å². The van der Waals surface area contributed by atoms with Crippen LogP contribution in [-0.2, 0) is 13.1 Å². The first kappa shape index (κ1) is 13.8. The van der Waals surface area contributed by atoms with E-state index < -0.39 is 0 Å². The predicted molar refractivity (Wildman–Crippen MR) is 75.0 cm³/mol. The first-order valence-corrected chi connectivity index (χ1v) is 7.25. The van der Waals surface area contributed by atoms with E-state index in [1.807, 2.05) is 11.6 Å². The van der Waals surface area contributed by atoms with Gasteiger partial charge in [-0.3, -0.25) is 4.68 Å². The zero-order chi connectivity index (χ0) is 13.0. The fourth-order valence-electron chi connectivity index (χ4n) is 2.49. The highest BCUT2D eigenvalue weighted by Crippen LogP contribution is 2.19. The van der Waals surface area contributed by atoms with Gasteiger partial charge in [0.25, 0.3) is 0 Å². The molecule has 0 saturated carbocycles. The molecule has 1 N–H and O–H groups in total. The molecule has 5 heteroatoms. The number of aryl methyl sites for hydroxylation is 2. The van der Waals surface area contributed by atoms with Crippen molar-refractivity contribution >= 4 is 11.6 Å². The van der Waals surface area contributed by atoms with Gasteiger partial charge < -0.3 is 10.2 Å². The van der Waals surface area contributed by atoms with Crippen LogP contribution in [0.2, 0.25) is 5.02 Å². The maximum atomic E-state index is 6.26. The molecule has 1 aromatic rings. The number of likely N-dealkylation sites (tertiary alicyclic amines) is 1. The number of halogens is 1. The third kappa shape index (κ3) is 3.25. The standard InChI is InChI=1S/C13H23ClN4/c1-3-18-12(13(14)11(2)16-18)10-15-6-9-17-7-4-5-8-17/h15H,3-10H2,1-2H3. The lowest BCUT2D eigenvalue weighted by Gasteiger charge is -2.15. The van der Waals surface area contributed by atoms with E-state index >= 15 is 0 Å². The number of hydrogen-bond donors (Lipinski definition) is 1. The van der Waals surface area contributed by atoms with Crippen LogP contribution in [0, 0.1) is 6.92 Å². The van der Waals surface area contributed by atoms with Crippen molar-refractivity contribution in [1.29, 1.82) is 0 Å². The fourth-order valence-corrected chi connectivity index (χ4v) is 2.69. The molecule has 1 aromatic heterocycles. The summed E-state index contributed by atoms with van der Waals surface area (Å²) in [6.45, 7) is 10.4. The minimum absolute atomic E-state index is 0.807. The van der Waals surface area contributed by atoms with Gasteiger partial charge in [0, 0.05) is 26.2 Å². The van der Waals surface area contributed by atoms with Crippen molar-refractivity contribution in [3.63, 3.8) is 0 Å². The van der Waals surface area contributed by atoms with Crippen molar-refractivity contribution in [3.05, 3.63) is 16.4 Å². The topological polar surface area (TPSA) is 33.1 Å². The van der Waals surface area contributed by atoms with Gasteiger partial charge >= 0.3 is 0 Å². The normalized spacial score (nSPS) is 16.6. The van der Waals surface area contributed by atoms with Crippen LogP contribution in [0.5, 0.6) is 0 Å². The van der Waals surface area contributed by atoms with Crippen LogP contribution < -0.4 is 5.32 Å². The Morgan fingerprint density at radius 2 is 2.06 bits per heavy atom. The fraction of sp³-hybridized carbons (Fsp3) is 0.769. The minimum atomic E-state index is 0.807. The minimum Gasteiger partial charge on any atom is -0.310 e. The van der Waals surface area contributed by atoms with Gasteiger partial charge in [-0.25, -0.2) is 0 Å². The van der Waals surface area contributed by atoms with Gasteiger partial charge in [0.05, 0.1) is 16.4 Å². The highest BCUT2D eigenvalue weighted by atomic mass is 35.5. The molecule has 4 nitrogen and oxygen atoms in total. The van der Waals surface area contributed by atoms with Crippen LogP contribution in [0.3, 0.4) is 0 Å². The molecule has 0 aliphatic carbocycles. The van der Waals surface area contributed by atoms with Gasteiger partial charge in [-0.15, -0.1) is 0 Å². The maximum Gasteiger partial charge on any atom is 0.0860 e. The van der Waals surface area contributed by atoms with E-state index in [0.717, 1.165) is 42.6 Å². The summed E-state index contributed by atoms with van der Waals surface area (Å²) in [5, 5.41) is 8.70. The van der Waals surface area contributed by atoms with Gasteiger partial charge in [-0.05, 0) is 39.8 Å². The Bertz CT molecular complexity index is 383. The molecule has 1 saturated heterocycles. The average Bonchev–Trinajstić information content (AvgIpc) is 2.96. The molecule has 2 rings (SSSR count). The Balaban J connectivity index is 1.78. The van der Waals surface area contributed by atoms with E-state index in [0.29, 0.717) is 0 Å². The zero-order valence-electron chi connectivity index (χ0n) is 11.4. The highest BCUT2D eigenvalue weighted by molar-refractivity contribution is 6.31. The molecule has 102 valence electrons. The number of hydrogen-bond acceptors (Lipinski definition) is 3. The molecule has 0 unspecified atom stereocenters. The Morgan fingerprint density at radius 3 is 2.72 bits per heavy atom. The SMILES string of the molecule is CCn1nc(C)c(Cl)c1CNCCN1CCCC1. The first-order chi connectivity index (χ1) is 8.72. The zero-order valence-corrected chi connectivity index (χ0v) is 12.1. The Labute approximate surface area is 114 Å². The molecule has 0 aromatic carbocycles. The van der Waals surface area contributed by atoms with Gasteiger partial charge in [-0.1, -0.05) is 11.6 Å². The van der Waals surface area contributed by atoms with Crippen LogP contribution in [0.25, 0.3) is 0 Å². The van der Waals surface area contributed by atoms with E-state index in [2.05, 4.69) is 22.2 Å². The highest BCUT2D eigenvalue weighted by Gasteiger charge is 2.13. The van der Waals surface area contributed by atoms with Gasteiger partial charge in [0.15, 0.2) is 0 Å². The van der Waals surface area contributed by atoms with Crippen molar-refractivity contribution in [2.45, 2.75) is 39.8 Å². The van der Waals surface area contributed by atoms with Crippen LogP contribution in [-0.4, -0.2) is 40.9 Å². The average molecular weight is 271 g/mol. The molecule has 0 amide bonds. The summed E-state index contributed by atoms with van der Waals surface area (Å²) < 4.78 is 1.99. The molecule has 0 spiro atoms. The summed E-state index contributed by atoms with van der Waals surface area (Å²) in [5.41, 5.74) is 2.04. The smallest absolute Gasteiger partial charge is 0.0860 e. The number of rotatable bonds is 6. The van der Waals surface area contributed by atoms with Gasteiger partial charge in [0.1, 0.15) is 0 Å². The Hall–Kier alpha value is -0.580. The molecule has 0 atom stereocenters. The number of aromatic nitrogens is 2. The quantitative estimate of drug-likeness (QED) is 0.804. The molecule has 0 bridgehead atoms. The van der Waals surface area contributed by atoms with E-state index in [1.54, 1.807) is 0 Å². The van der Waals surface area contributed by atoms with E-state index in [4.69, 9.17) is 11.6 Å². The summed E-state index contributed by atoms with van der Waals surface area (Å²) in [6.07, 6.45) is 2.71. The van der Waals surface area contributed by atoms with Crippen LogP contribution in [0.4, 0.5) is 0 Å². The van der Waals surface area contributed by atoms with Gasteiger partial charge in [-0.2, -0.15) is 5.10 Å². The lowest BCUT2D eigenvalue weighted by Crippen LogP contribution is -2.30. The summed E-state index contributed by atoms with van der Waals surface area (Å²) in [4.78, 5) is 2.51. The van der Waals surface area contributed by atoms with E-state index in [9.17, 15) is 0 Å². The lowest BCUT2D eigenvalue weighted by atomic mass is 10.3. The monoisotopic (exact) mass is 270 g/mol. The Morgan fingerprint density at radius 1 is 1.33 bits per heavy atom. The molecule has 1 fully saturated rings. The number of nitrogens with one attached hydrogen (secondary N) is 1. The summed E-state index contributed by atoms with van der Waals surface area (Å²) >= 11 is 6.26. The molecule has 0 radical (unpaired) electrons. The number of nitrogens with zero attached hydrogens (tertiary/aromatic N) is 3. The maximum absolute atomic E-state index is 6.26. The second-order valence-corrected chi connectivity index (χ2v) is 5.27. The first-order valence-electron chi connectivity index (χ1n) is 6.87. The van der Waals surface area contributed by atoms with Crippen LogP contribution in [0.1, 0.15) is 31.2 Å². The summed E-state index contributed by atoms with van der Waals surface area (Å²) in [7, 11) is 0. The summed E-state index contributed by atoms with van der Waals surface area (Å²) in [6, 6.07) is 0. The van der Waals surface area contributed by atoms with Crippen molar-refractivity contribution in [3.8, 4) is 0 Å². The predicted octanol–water partition coefficient (Wildman–Crippen LogP) is 2.05. The van der Waals surface area contributed by atoms with Crippen molar-refractivity contribution in [2.75, 3.05) is 26.2 Å². The molecular formula is C13H23ClN4. The van der Waals surface area contributed by atoms with Crippen molar-refractivity contribution in [2.24, 2.45) is 0 Å². The molecule has 1 aliphatic heterocycles. The lowest BCUT2D eigenvalue weighted by molar-refractivity contribution is 0.335. The summed E-state index contributed by atoms with van der Waals surface area (Å²) in [5.74, 6) is 0. The molecule has 2 heterocycles. The van der Waals surface area contributed by atoms with Crippen LogP contribution >= 0.6 is 11.6 Å². The van der Waals surface area contributed by atoms with E-state index in [1.165, 1.54) is 25.9 Å². The van der Waals surface area contributed by atoms with Crippen molar-refractivity contribution < 1.29 is 0 Å². The Kier molecular flexibility index (Phi) is 5.03. The van der Waals surface area contributed by atoms with Crippen LogP contribution in [0.15, 0.2) is 0 Å². The second-order valence-electron chi connectivity index (χ2n) is 4.89. The molecule has 1 aliphatic rings.